The van der Waals surface area contributed by atoms with E-state index >= 15 is 0 Å². The third-order valence-corrected chi connectivity index (χ3v) is 4.68. The molecule has 118 valence electrons. The summed E-state index contributed by atoms with van der Waals surface area (Å²) in [5.41, 5.74) is 1.79. The van der Waals surface area contributed by atoms with Crippen molar-refractivity contribution in [3.8, 4) is 5.75 Å². The maximum absolute atomic E-state index is 14.8. The Morgan fingerprint density at radius 3 is 2.24 bits per heavy atom. The fourth-order valence-corrected chi connectivity index (χ4v) is 3.29. The zero-order chi connectivity index (χ0) is 15.6. The summed E-state index contributed by atoms with van der Waals surface area (Å²) in [6.45, 7) is 10.7. The number of halogens is 1. The first kappa shape index (κ1) is 16.3. The number of hydrogen-bond donors (Lipinski definition) is 0. The average molecular weight is 293 g/mol. The van der Waals surface area contributed by atoms with Gasteiger partial charge in [-0.05, 0) is 62.7 Å². The maximum Gasteiger partial charge on any atom is 0.168 e. The van der Waals surface area contributed by atoms with Crippen molar-refractivity contribution in [1.82, 2.24) is 4.90 Å². The van der Waals surface area contributed by atoms with Crippen molar-refractivity contribution in [2.75, 3.05) is 20.2 Å². The van der Waals surface area contributed by atoms with Crippen LogP contribution in [0.4, 0.5) is 4.39 Å². The van der Waals surface area contributed by atoms with Crippen LogP contribution in [0.1, 0.15) is 63.5 Å². The molecule has 21 heavy (non-hydrogen) atoms. The van der Waals surface area contributed by atoms with Gasteiger partial charge >= 0.3 is 0 Å². The van der Waals surface area contributed by atoms with Crippen LogP contribution in [-0.2, 0) is 0 Å². The number of piperidine rings is 1. The molecule has 0 N–H and O–H groups in total. The predicted molar refractivity (Wildman–Crippen MR) is 85.7 cm³/mol. The van der Waals surface area contributed by atoms with E-state index in [9.17, 15) is 4.39 Å². The van der Waals surface area contributed by atoms with Gasteiger partial charge in [0.05, 0.1) is 7.11 Å². The Bertz CT molecular complexity index is 476. The van der Waals surface area contributed by atoms with Crippen LogP contribution >= 0.6 is 0 Å². The lowest BCUT2D eigenvalue weighted by molar-refractivity contribution is 0.170. The molecule has 0 saturated carbocycles. The first-order valence-corrected chi connectivity index (χ1v) is 8.06. The van der Waals surface area contributed by atoms with Crippen LogP contribution in [0.5, 0.6) is 5.75 Å². The van der Waals surface area contributed by atoms with Crippen LogP contribution in [0.3, 0.4) is 0 Å². The number of benzene rings is 1. The standard InChI is InChI=1S/C18H28FNO/c1-12(2)15-6-7-16(17(19)18(15)21-5)14-8-10-20(11-9-14)13(3)4/h6-7,12-14H,8-11H2,1-5H3. The number of likely N-dealkylation sites (tertiary alicyclic amines) is 1. The molecule has 1 aromatic carbocycles. The van der Waals surface area contributed by atoms with Crippen LogP contribution < -0.4 is 4.74 Å². The lowest BCUT2D eigenvalue weighted by Gasteiger charge is -2.35. The first-order chi connectivity index (χ1) is 9.95. The molecule has 1 aliphatic rings. The summed E-state index contributed by atoms with van der Waals surface area (Å²) in [5.74, 6) is 0.877. The molecule has 0 unspecified atom stereocenters. The minimum Gasteiger partial charge on any atom is -0.493 e. The molecule has 2 rings (SSSR count). The third kappa shape index (κ3) is 3.39. The van der Waals surface area contributed by atoms with Crippen molar-refractivity contribution in [3.05, 3.63) is 29.1 Å². The van der Waals surface area contributed by atoms with Crippen molar-refractivity contribution < 1.29 is 9.13 Å². The Kier molecular flexibility index (Phi) is 5.26. The molecule has 0 aromatic heterocycles. The summed E-state index contributed by atoms with van der Waals surface area (Å²) in [7, 11) is 1.56. The summed E-state index contributed by atoms with van der Waals surface area (Å²) in [6, 6.07) is 4.59. The number of hydrogen-bond acceptors (Lipinski definition) is 2. The highest BCUT2D eigenvalue weighted by Crippen LogP contribution is 2.37. The van der Waals surface area contributed by atoms with Gasteiger partial charge in [0.25, 0.3) is 0 Å². The fourth-order valence-electron chi connectivity index (χ4n) is 3.29. The molecule has 0 radical (unpaired) electrons. The maximum atomic E-state index is 14.8. The van der Waals surface area contributed by atoms with Gasteiger partial charge in [0, 0.05) is 6.04 Å². The van der Waals surface area contributed by atoms with Gasteiger partial charge in [-0.2, -0.15) is 0 Å². The molecule has 0 aliphatic carbocycles. The minimum atomic E-state index is -0.147. The van der Waals surface area contributed by atoms with Crippen molar-refractivity contribution in [3.63, 3.8) is 0 Å². The highest BCUT2D eigenvalue weighted by atomic mass is 19.1. The van der Waals surface area contributed by atoms with Crippen molar-refractivity contribution >= 4 is 0 Å². The number of methoxy groups -OCH3 is 1. The van der Waals surface area contributed by atoms with Crippen molar-refractivity contribution in [1.29, 1.82) is 0 Å². The van der Waals surface area contributed by atoms with Gasteiger partial charge in [-0.25, -0.2) is 4.39 Å². The van der Waals surface area contributed by atoms with Gasteiger partial charge in [-0.3, -0.25) is 0 Å². The van der Waals surface area contributed by atoms with Gasteiger partial charge in [-0.15, -0.1) is 0 Å². The van der Waals surface area contributed by atoms with Crippen LogP contribution in [0.2, 0.25) is 0 Å². The Hall–Kier alpha value is -1.09. The summed E-state index contributed by atoms with van der Waals surface area (Å²) >= 11 is 0. The highest BCUT2D eigenvalue weighted by molar-refractivity contribution is 5.42. The van der Waals surface area contributed by atoms with E-state index in [1.807, 2.05) is 12.1 Å². The Morgan fingerprint density at radius 1 is 1.14 bits per heavy atom. The van der Waals surface area contributed by atoms with Crippen molar-refractivity contribution in [2.45, 2.75) is 58.4 Å². The molecule has 0 amide bonds. The molecule has 0 atom stereocenters. The molecule has 1 saturated heterocycles. The molecule has 1 heterocycles. The van der Waals surface area contributed by atoms with Crippen LogP contribution in [0.15, 0.2) is 12.1 Å². The average Bonchev–Trinajstić information content (AvgIpc) is 2.46. The van der Waals surface area contributed by atoms with Gasteiger partial charge in [0.15, 0.2) is 11.6 Å². The van der Waals surface area contributed by atoms with E-state index in [-0.39, 0.29) is 11.7 Å². The van der Waals surface area contributed by atoms with E-state index in [4.69, 9.17) is 4.74 Å². The molecule has 3 heteroatoms. The van der Waals surface area contributed by atoms with Crippen LogP contribution in [-0.4, -0.2) is 31.1 Å². The molecular formula is C18H28FNO. The predicted octanol–water partition coefficient (Wildman–Crippen LogP) is 4.55. The van der Waals surface area contributed by atoms with E-state index in [1.54, 1.807) is 7.11 Å². The molecule has 1 fully saturated rings. The van der Waals surface area contributed by atoms with Gasteiger partial charge in [-0.1, -0.05) is 26.0 Å². The Balaban J connectivity index is 2.22. The van der Waals surface area contributed by atoms with E-state index in [0.717, 1.165) is 37.1 Å². The second-order valence-electron chi connectivity index (χ2n) is 6.65. The van der Waals surface area contributed by atoms with E-state index < -0.39 is 0 Å². The number of nitrogens with zero attached hydrogens (tertiary/aromatic N) is 1. The summed E-state index contributed by atoms with van der Waals surface area (Å²) < 4.78 is 20.1. The van der Waals surface area contributed by atoms with E-state index in [0.29, 0.717) is 17.7 Å². The van der Waals surface area contributed by atoms with Gasteiger partial charge in [0.1, 0.15) is 0 Å². The fraction of sp³-hybridized carbons (Fsp3) is 0.667. The summed E-state index contributed by atoms with van der Waals surface area (Å²) in [4.78, 5) is 2.47. The largest absolute Gasteiger partial charge is 0.493 e. The zero-order valence-electron chi connectivity index (χ0n) is 13.9. The highest BCUT2D eigenvalue weighted by Gasteiger charge is 2.26. The van der Waals surface area contributed by atoms with E-state index in [2.05, 4.69) is 32.6 Å². The zero-order valence-corrected chi connectivity index (χ0v) is 13.9. The topological polar surface area (TPSA) is 12.5 Å². The second kappa shape index (κ2) is 6.78. The first-order valence-electron chi connectivity index (χ1n) is 8.06. The Morgan fingerprint density at radius 2 is 1.76 bits per heavy atom. The van der Waals surface area contributed by atoms with Gasteiger partial charge in [0.2, 0.25) is 0 Å². The molecule has 1 aliphatic heterocycles. The second-order valence-corrected chi connectivity index (χ2v) is 6.65. The quantitative estimate of drug-likeness (QED) is 0.807. The molecule has 0 spiro atoms. The van der Waals surface area contributed by atoms with E-state index in [1.165, 1.54) is 0 Å². The molecule has 2 nitrogen and oxygen atoms in total. The lowest BCUT2D eigenvalue weighted by atomic mass is 9.87. The molecule has 0 bridgehead atoms. The lowest BCUT2D eigenvalue weighted by Crippen LogP contribution is -2.38. The number of ether oxygens (including phenoxy) is 1. The minimum absolute atomic E-state index is 0.147. The van der Waals surface area contributed by atoms with Gasteiger partial charge < -0.3 is 9.64 Å². The Labute approximate surface area is 128 Å². The SMILES string of the molecule is COc1c(C(C)C)ccc(C2CCN(C(C)C)CC2)c1F. The number of rotatable bonds is 4. The normalized spacial score (nSPS) is 17.7. The van der Waals surface area contributed by atoms with Crippen LogP contribution in [0.25, 0.3) is 0 Å². The van der Waals surface area contributed by atoms with Crippen molar-refractivity contribution in [2.24, 2.45) is 0 Å². The smallest absolute Gasteiger partial charge is 0.168 e. The summed E-state index contributed by atoms with van der Waals surface area (Å²) in [5, 5.41) is 0. The summed E-state index contributed by atoms with van der Waals surface area (Å²) in [6.07, 6.45) is 2.05. The molecule has 1 aromatic rings. The monoisotopic (exact) mass is 293 g/mol. The molecular weight excluding hydrogens is 265 g/mol. The van der Waals surface area contributed by atoms with Crippen LogP contribution in [0, 0.1) is 5.82 Å². The third-order valence-electron chi connectivity index (χ3n) is 4.68.